The summed E-state index contributed by atoms with van der Waals surface area (Å²) in [5.41, 5.74) is 3.98. The van der Waals surface area contributed by atoms with Gasteiger partial charge in [0, 0.05) is 26.1 Å². The van der Waals surface area contributed by atoms with Crippen molar-refractivity contribution in [3.63, 3.8) is 0 Å². The number of fused-ring (bicyclic) bond motifs is 1. The molecular weight excluding hydrogens is 260 g/mol. The zero-order valence-corrected chi connectivity index (χ0v) is 12.8. The number of carbonyl (C=O) groups excluding carboxylic acids is 1. The molecule has 1 aromatic carbocycles. The minimum absolute atomic E-state index is 0.201. The minimum Gasteiger partial charge on any atom is -0.352 e. The van der Waals surface area contributed by atoms with E-state index in [0.29, 0.717) is 13.0 Å². The van der Waals surface area contributed by atoms with Gasteiger partial charge in [0.25, 0.3) is 0 Å². The first-order chi connectivity index (χ1) is 10.3. The second-order valence-corrected chi connectivity index (χ2v) is 6.53. The monoisotopic (exact) mass is 286 g/mol. The molecule has 1 fully saturated rings. The van der Waals surface area contributed by atoms with Crippen LogP contribution in [0.15, 0.2) is 18.2 Å². The Balaban J connectivity index is 1.37. The summed E-state index contributed by atoms with van der Waals surface area (Å²) in [6, 6.07) is 6.52. The van der Waals surface area contributed by atoms with E-state index >= 15 is 0 Å². The Hall–Kier alpha value is -1.35. The quantitative estimate of drug-likeness (QED) is 0.842. The van der Waals surface area contributed by atoms with Crippen molar-refractivity contribution in [2.45, 2.75) is 64.6 Å². The van der Waals surface area contributed by atoms with Gasteiger partial charge in [0.15, 0.2) is 0 Å². The molecular formula is C18H26N2O. The van der Waals surface area contributed by atoms with Crippen LogP contribution in [0.1, 0.15) is 61.6 Å². The molecule has 1 saturated carbocycles. The van der Waals surface area contributed by atoms with Gasteiger partial charge in [0.05, 0.1) is 0 Å². The Morgan fingerprint density at radius 1 is 1.19 bits per heavy atom. The van der Waals surface area contributed by atoms with Crippen molar-refractivity contribution >= 4 is 5.91 Å². The van der Waals surface area contributed by atoms with Gasteiger partial charge in [-0.3, -0.25) is 4.79 Å². The predicted molar refractivity (Wildman–Crippen MR) is 84.6 cm³/mol. The number of benzene rings is 1. The maximum atomic E-state index is 11.9. The van der Waals surface area contributed by atoms with Crippen molar-refractivity contribution in [2.24, 2.45) is 5.92 Å². The molecule has 1 aliphatic carbocycles. The van der Waals surface area contributed by atoms with Crippen LogP contribution in [-0.2, 0) is 24.4 Å². The summed E-state index contributed by atoms with van der Waals surface area (Å²) in [5.74, 6) is 1.09. The lowest BCUT2D eigenvalue weighted by molar-refractivity contribution is -0.121. The Morgan fingerprint density at radius 2 is 2.00 bits per heavy atom. The van der Waals surface area contributed by atoms with Gasteiger partial charge in [-0.05, 0) is 35.4 Å². The molecule has 0 saturated heterocycles. The van der Waals surface area contributed by atoms with E-state index in [-0.39, 0.29) is 5.91 Å². The van der Waals surface area contributed by atoms with Gasteiger partial charge >= 0.3 is 0 Å². The topological polar surface area (TPSA) is 41.1 Å². The zero-order chi connectivity index (χ0) is 14.5. The average molecular weight is 286 g/mol. The number of amides is 1. The smallest absolute Gasteiger partial charge is 0.220 e. The highest BCUT2D eigenvalue weighted by Crippen LogP contribution is 2.28. The maximum absolute atomic E-state index is 11.9. The Bertz CT molecular complexity index is 492. The Morgan fingerprint density at radius 3 is 2.86 bits per heavy atom. The van der Waals surface area contributed by atoms with Crippen LogP contribution in [0.25, 0.3) is 0 Å². The molecule has 3 nitrogen and oxygen atoms in total. The van der Waals surface area contributed by atoms with Crippen LogP contribution >= 0.6 is 0 Å². The first-order valence-electron chi connectivity index (χ1n) is 8.39. The van der Waals surface area contributed by atoms with Gasteiger partial charge in [-0.1, -0.05) is 43.9 Å². The lowest BCUT2D eigenvalue weighted by Gasteiger charge is -2.09. The van der Waals surface area contributed by atoms with Crippen molar-refractivity contribution in [3.8, 4) is 0 Å². The molecule has 2 aliphatic rings. The zero-order valence-electron chi connectivity index (χ0n) is 12.8. The maximum Gasteiger partial charge on any atom is 0.220 e. The van der Waals surface area contributed by atoms with Crippen LogP contribution < -0.4 is 10.6 Å². The standard InChI is InChI=1S/C18H26N2O/c21-18(7-3-6-14-4-1-2-5-14)20-11-15-8-9-16-12-19-13-17(16)10-15/h8-10,14,19H,1-7,11-13H2,(H,20,21). The first kappa shape index (κ1) is 14.6. The van der Waals surface area contributed by atoms with Gasteiger partial charge in [0.1, 0.15) is 0 Å². The molecule has 21 heavy (non-hydrogen) atoms. The van der Waals surface area contributed by atoms with E-state index in [9.17, 15) is 4.79 Å². The fourth-order valence-corrected chi connectivity index (χ4v) is 3.60. The predicted octanol–water partition coefficient (Wildman–Crippen LogP) is 3.27. The summed E-state index contributed by atoms with van der Waals surface area (Å²) >= 11 is 0. The third kappa shape index (κ3) is 4.07. The summed E-state index contributed by atoms with van der Waals surface area (Å²) in [4.78, 5) is 11.9. The third-order valence-electron chi connectivity index (χ3n) is 4.88. The van der Waals surface area contributed by atoms with E-state index in [1.807, 2.05) is 0 Å². The van der Waals surface area contributed by atoms with Gasteiger partial charge in [-0.25, -0.2) is 0 Å². The molecule has 3 heteroatoms. The van der Waals surface area contributed by atoms with E-state index in [1.165, 1.54) is 48.8 Å². The van der Waals surface area contributed by atoms with Crippen LogP contribution in [0.5, 0.6) is 0 Å². The molecule has 1 heterocycles. The third-order valence-corrected chi connectivity index (χ3v) is 4.88. The normalized spacial score (nSPS) is 17.9. The van der Waals surface area contributed by atoms with Crippen LogP contribution in [-0.4, -0.2) is 5.91 Å². The Labute approximate surface area is 127 Å². The van der Waals surface area contributed by atoms with E-state index in [4.69, 9.17) is 0 Å². The lowest BCUT2D eigenvalue weighted by Crippen LogP contribution is -2.22. The van der Waals surface area contributed by atoms with Gasteiger partial charge in [0.2, 0.25) is 5.91 Å². The van der Waals surface area contributed by atoms with E-state index < -0.39 is 0 Å². The van der Waals surface area contributed by atoms with Crippen LogP contribution in [0, 0.1) is 5.92 Å². The second kappa shape index (κ2) is 7.08. The number of hydrogen-bond donors (Lipinski definition) is 2. The van der Waals surface area contributed by atoms with E-state index in [1.54, 1.807) is 0 Å². The van der Waals surface area contributed by atoms with Crippen LogP contribution in [0.2, 0.25) is 0 Å². The SMILES string of the molecule is O=C(CCCC1CCCC1)NCc1ccc2c(c1)CNC2. The van der Waals surface area contributed by atoms with Crippen molar-refractivity contribution in [2.75, 3.05) is 0 Å². The Kier molecular flexibility index (Phi) is 4.91. The molecule has 1 amide bonds. The highest BCUT2D eigenvalue weighted by atomic mass is 16.1. The minimum atomic E-state index is 0.201. The lowest BCUT2D eigenvalue weighted by atomic mass is 10.0. The molecule has 0 radical (unpaired) electrons. The molecule has 2 N–H and O–H groups in total. The molecule has 0 unspecified atom stereocenters. The molecule has 0 bridgehead atoms. The molecule has 0 spiro atoms. The summed E-state index contributed by atoms with van der Waals surface area (Å²) in [6.45, 7) is 2.59. The summed E-state index contributed by atoms with van der Waals surface area (Å²) < 4.78 is 0. The molecule has 0 atom stereocenters. The molecule has 1 aliphatic heterocycles. The van der Waals surface area contributed by atoms with Crippen LogP contribution in [0.3, 0.4) is 0 Å². The largest absolute Gasteiger partial charge is 0.352 e. The fraction of sp³-hybridized carbons (Fsp3) is 0.611. The molecule has 114 valence electrons. The van der Waals surface area contributed by atoms with Gasteiger partial charge < -0.3 is 10.6 Å². The number of carbonyl (C=O) groups is 1. The van der Waals surface area contributed by atoms with E-state index in [0.717, 1.165) is 25.4 Å². The van der Waals surface area contributed by atoms with Crippen LogP contribution in [0.4, 0.5) is 0 Å². The molecule has 1 aromatic rings. The summed E-state index contributed by atoms with van der Waals surface area (Å²) in [6.07, 6.45) is 8.51. The number of nitrogens with one attached hydrogen (secondary N) is 2. The first-order valence-corrected chi connectivity index (χ1v) is 8.39. The van der Waals surface area contributed by atoms with Crippen molar-refractivity contribution in [3.05, 3.63) is 34.9 Å². The average Bonchev–Trinajstić information content (AvgIpc) is 3.15. The molecule has 0 aromatic heterocycles. The van der Waals surface area contributed by atoms with Crippen molar-refractivity contribution in [1.82, 2.24) is 10.6 Å². The van der Waals surface area contributed by atoms with Crippen molar-refractivity contribution in [1.29, 1.82) is 0 Å². The summed E-state index contributed by atoms with van der Waals surface area (Å²) in [7, 11) is 0. The number of hydrogen-bond acceptors (Lipinski definition) is 2. The van der Waals surface area contributed by atoms with E-state index in [2.05, 4.69) is 28.8 Å². The second-order valence-electron chi connectivity index (χ2n) is 6.53. The summed E-state index contributed by atoms with van der Waals surface area (Å²) in [5, 5.41) is 6.40. The molecule has 3 rings (SSSR count). The number of rotatable bonds is 6. The highest BCUT2D eigenvalue weighted by Gasteiger charge is 2.15. The van der Waals surface area contributed by atoms with Gasteiger partial charge in [-0.15, -0.1) is 0 Å². The van der Waals surface area contributed by atoms with Gasteiger partial charge in [-0.2, -0.15) is 0 Å². The highest BCUT2D eigenvalue weighted by molar-refractivity contribution is 5.75. The van der Waals surface area contributed by atoms with Crippen molar-refractivity contribution < 1.29 is 4.79 Å². The fourth-order valence-electron chi connectivity index (χ4n) is 3.60.